The fourth-order valence-corrected chi connectivity index (χ4v) is 4.17. The minimum absolute atomic E-state index is 0.0768. The Balaban J connectivity index is 1.78. The smallest absolute Gasteiger partial charge is 0.308 e. The Bertz CT molecular complexity index is 676. The van der Waals surface area contributed by atoms with Gasteiger partial charge in [-0.25, -0.2) is 0 Å². The average Bonchev–Trinajstić information content (AvgIpc) is 3.05. The second-order valence-electron chi connectivity index (χ2n) is 7.43. The zero-order valence-electron chi connectivity index (χ0n) is 15.1. The summed E-state index contributed by atoms with van der Waals surface area (Å²) in [7, 11) is 0. The summed E-state index contributed by atoms with van der Waals surface area (Å²) in [5.41, 5.74) is 0.593. The number of nitrogens with zero attached hydrogens (tertiary/aromatic N) is 1. The fraction of sp³-hybridized carbons (Fsp3) is 0.550. The molecular weight excluding hydrogens is 332 g/mol. The lowest BCUT2D eigenvalue weighted by Gasteiger charge is -2.33. The van der Waals surface area contributed by atoms with Gasteiger partial charge in [0.2, 0.25) is 5.91 Å². The summed E-state index contributed by atoms with van der Waals surface area (Å²) in [6.07, 6.45) is 4.84. The summed E-state index contributed by atoms with van der Waals surface area (Å²) in [5, 5.41) is 11.7. The van der Waals surface area contributed by atoms with Crippen LogP contribution in [0.2, 0.25) is 0 Å². The van der Waals surface area contributed by atoms with Gasteiger partial charge >= 0.3 is 5.97 Å². The van der Waals surface area contributed by atoms with Crippen LogP contribution in [0, 0.1) is 11.8 Å². The van der Waals surface area contributed by atoms with E-state index in [0.717, 1.165) is 25.7 Å². The van der Waals surface area contributed by atoms with Crippen LogP contribution in [-0.4, -0.2) is 46.4 Å². The third kappa shape index (κ3) is 3.74. The van der Waals surface area contributed by atoms with Gasteiger partial charge in [0.25, 0.3) is 5.91 Å². The summed E-state index contributed by atoms with van der Waals surface area (Å²) >= 11 is 0. The fourth-order valence-electron chi connectivity index (χ4n) is 4.17. The van der Waals surface area contributed by atoms with Crippen molar-refractivity contribution < 1.29 is 19.5 Å². The van der Waals surface area contributed by atoms with Gasteiger partial charge in [-0.1, -0.05) is 38.0 Å². The molecule has 4 unspecified atom stereocenters. The molecule has 0 spiro atoms. The Morgan fingerprint density at radius 2 is 1.88 bits per heavy atom. The molecule has 4 atom stereocenters. The van der Waals surface area contributed by atoms with Crippen molar-refractivity contribution in [1.29, 1.82) is 0 Å². The van der Waals surface area contributed by atoms with E-state index in [0.29, 0.717) is 17.9 Å². The van der Waals surface area contributed by atoms with Gasteiger partial charge in [0.1, 0.15) is 6.04 Å². The summed E-state index contributed by atoms with van der Waals surface area (Å²) < 4.78 is 0. The van der Waals surface area contributed by atoms with Crippen molar-refractivity contribution in [2.24, 2.45) is 11.8 Å². The van der Waals surface area contributed by atoms with Crippen LogP contribution in [0.3, 0.4) is 0 Å². The Morgan fingerprint density at radius 3 is 2.58 bits per heavy atom. The van der Waals surface area contributed by atoms with E-state index >= 15 is 0 Å². The summed E-state index contributed by atoms with van der Waals surface area (Å²) in [5.74, 6) is -1.59. The molecule has 2 amide bonds. The number of carbonyl (C=O) groups excluding carboxylic acids is 2. The Hall–Kier alpha value is -2.37. The predicted octanol–water partition coefficient (Wildman–Crippen LogP) is 2.30. The minimum Gasteiger partial charge on any atom is -0.481 e. The van der Waals surface area contributed by atoms with Crippen LogP contribution in [0.1, 0.15) is 49.4 Å². The van der Waals surface area contributed by atoms with Crippen LogP contribution < -0.4 is 5.32 Å². The molecule has 0 aromatic heterocycles. The van der Waals surface area contributed by atoms with E-state index in [4.69, 9.17) is 5.11 Å². The molecule has 1 aromatic carbocycles. The SMILES string of the molecule is CC(CNC(=O)C1CC2CCCCC2N1C(=O)c1ccccc1)C(=O)O. The van der Waals surface area contributed by atoms with Crippen molar-refractivity contribution in [3.63, 3.8) is 0 Å². The van der Waals surface area contributed by atoms with Crippen molar-refractivity contribution in [3.05, 3.63) is 35.9 Å². The third-order valence-corrected chi connectivity index (χ3v) is 5.65. The van der Waals surface area contributed by atoms with Gasteiger partial charge in [0, 0.05) is 18.2 Å². The van der Waals surface area contributed by atoms with E-state index in [1.807, 2.05) is 18.2 Å². The van der Waals surface area contributed by atoms with Crippen molar-refractivity contribution in [2.45, 2.75) is 51.1 Å². The molecule has 6 nitrogen and oxygen atoms in total. The largest absolute Gasteiger partial charge is 0.481 e. The highest BCUT2D eigenvalue weighted by molar-refractivity contribution is 5.98. The lowest BCUT2D eigenvalue weighted by Crippen LogP contribution is -2.50. The number of carboxylic acids is 1. The number of rotatable bonds is 5. The van der Waals surface area contributed by atoms with E-state index in [1.165, 1.54) is 0 Å². The quantitative estimate of drug-likeness (QED) is 0.845. The summed E-state index contributed by atoms with van der Waals surface area (Å²) in [4.78, 5) is 38.6. The second-order valence-corrected chi connectivity index (χ2v) is 7.43. The predicted molar refractivity (Wildman–Crippen MR) is 96.6 cm³/mol. The Labute approximate surface area is 153 Å². The number of likely N-dealkylation sites (tertiary alicyclic amines) is 1. The molecule has 1 aliphatic heterocycles. The lowest BCUT2D eigenvalue weighted by molar-refractivity contribution is -0.141. The molecule has 0 bridgehead atoms. The van der Waals surface area contributed by atoms with Crippen LogP contribution in [0.4, 0.5) is 0 Å². The Morgan fingerprint density at radius 1 is 1.19 bits per heavy atom. The van der Waals surface area contributed by atoms with Gasteiger partial charge in [0.05, 0.1) is 5.92 Å². The van der Waals surface area contributed by atoms with Crippen LogP contribution in [-0.2, 0) is 9.59 Å². The first kappa shape index (κ1) is 18.4. The number of aliphatic carboxylic acids is 1. The maximum absolute atomic E-state index is 13.1. The standard InChI is InChI=1S/C20H26N2O4/c1-13(20(25)26)12-21-18(23)17-11-15-9-5-6-10-16(15)22(17)19(24)14-7-3-2-4-8-14/h2-4,7-8,13,15-17H,5-6,9-12H2,1H3,(H,21,23)(H,25,26). The van der Waals surface area contributed by atoms with Gasteiger partial charge in [-0.05, 0) is 37.3 Å². The first-order valence-corrected chi connectivity index (χ1v) is 9.37. The van der Waals surface area contributed by atoms with Crippen molar-refractivity contribution in [3.8, 4) is 0 Å². The first-order chi connectivity index (χ1) is 12.5. The van der Waals surface area contributed by atoms with Gasteiger partial charge < -0.3 is 15.3 Å². The topological polar surface area (TPSA) is 86.7 Å². The van der Waals surface area contributed by atoms with Crippen molar-refractivity contribution in [2.75, 3.05) is 6.54 Å². The van der Waals surface area contributed by atoms with Crippen molar-refractivity contribution in [1.82, 2.24) is 10.2 Å². The van der Waals surface area contributed by atoms with E-state index in [2.05, 4.69) is 5.32 Å². The van der Waals surface area contributed by atoms with E-state index in [-0.39, 0.29) is 24.4 Å². The van der Waals surface area contributed by atoms with Crippen LogP contribution in [0.25, 0.3) is 0 Å². The van der Waals surface area contributed by atoms with Crippen LogP contribution in [0.15, 0.2) is 30.3 Å². The minimum atomic E-state index is -0.942. The van der Waals surface area contributed by atoms with Gasteiger partial charge in [-0.3, -0.25) is 14.4 Å². The molecule has 1 saturated heterocycles. The highest BCUT2D eigenvalue weighted by atomic mass is 16.4. The zero-order valence-corrected chi connectivity index (χ0v) is 15.1. The van der Waals surface area contributed by atoms with Gasteiger partial charge in [0.15, 0.2) is 0 Å². The third-order valence-electron chi connectivity index (χ3n) is 5.65. The lowest BCUT2D eigenvalue weighted by atomic mass is 9.84. The molecule has 26 heavy (non-hydrogen) atoms. The second kappa shape index (κ2) is 7.89. The molecule has 0 radical (unpaired) electrons. The molecule has 1 aromatic rings. The van der Waals surface area contributed by atoms with E-state index < -0.39 is 17.9 Å². The highest BCUT2D eigenvalue weighted by Gasteiger charge is 2.47. The molecular formula is C20H26N2O4. The normalized spacial score (nSPS) is 26.0. The maximum atomic E-state index is 13.1. The molecule has 2 N–H and O–H groups in total. The molecule has 3 rings (SSSR count). The number of fused-ring (bicyclic) bond motifs is 1. The Kier molecular flexibility index (Phi) is 5.59. The van der Waals surface area contributed by atoms with Gasteiger partial charge in [-0.15, -0.1) is 0 Å². The van der Waals surface area contributed by atoms with E-state index in [9.17, 15) is 14.4 Å². The first-order valence-electron chi connectivity index (χ1n) is 9.37. The van der Waals surface area contributed by atoms with Crippen molar-refractivity contribution >= 4 is 17.8 Å². The highest BCUT2D eigenvalue weighted by Crippen LogP contribution is 2.40. The zero-order chi connectivity index (χ0) is 18.7. The molecule has 2 aliphatic rings. The number of amides is 2. The van der Waals surface area contributed by atoms with Crippen LogP contribution in [0.5, 0.6) is 0 Å². The molecule has 1 saturated carbocycles. The monoisotopic (exact) mass is 358 g/mol. The number of hydrogen-bond acceptors (Lipinski definition) is 3. The number of nitrogens with one attached hydrogen (secondary N) is 1. The molecule has 1 heterocycles. The number of benzene rings is 1. The molecule has 2 fully saturated rings. The molecule has 140 valence electrons. The average molecular weight is 358 g/mol. The van der Waals surface area contributed by atoms with E-state index in [1.54, 1.807) is 24.0 Å². The van der Waals surface area contributed by atoms with Gasteiger partial charge in [-0.2, -0.15) is 0 Å². The molecule has 6 heteroatoms. The number of carboxylic acid groups (broad SMARTS) is 1. The maximum Gasteiger partial charge on any atom is 0.308 e. The summed E-state index contributed by atoms with van der Waals surface area (Å²) in [6.45, 7) is 1.64. The number of hydrogen-bond donors (Lipinski definition) is 2. The number of carbonyl (C=O) groups is 3. The molecule has 1 aliphatic carbocycles. The summed E-state index contributed by atoms with van der Waals surface area (Å²) in [6, 6.07) is 8.65. The van der Waals surface area contributed by atoms with Crippen LogP contribution >= 0.6 is 0 Å².